The molecular weight excluding hydrogens is 348 g/mol. The molecule has 0 heterocycles. The topological polar surface area (TPSA) is 86.7 Å². The second kappa shape index (κ2) is 8.53. The first kappa shape index (κ1) is 21.6. The zero-order chi connectivity index (χ0) is 20.2. The average Bonchev–Trinajstić information content (AvgIpc) is 2.52. The predicted octanol–water partition coefficient (Wildman–Crippen LogP) is 3.40. The van der Waals surface area contributed by atoms with Crippen LogP contribution in [0.15, 0.2) is 0 Å². The quantitative estimate of drug-likeness (QED) is 0.537. The number of hydrogen-bond donors (Lipinski definition) is 0. The van der Waals surface area contributed by atoms with Gasteiger partial charge in [-0.2, -0.15) is 0 Å². The molecule has 1 unspecified atom stereocenters. The van der Waals surface area contributed by atoms with Crippen molar-refractivity contribution in [3.8, 4) is 0 Å². The predicted molar refractivity (Wildman–Crippen MR) is 98.8 cm³/mol. The maximum absolute atomic E-state index is 12.4. The Kier molecular flexibility index (Phi) is 6.82. The van der Waals surface area contributed by atoms with E-state index in [9.17, 15) is 19.2 Å². The molecule has 2 aliphatic rings. The van der Waals surface area contributed by atoms with Crippen molar-refractivity contribution in [2.75, 3.05) is 6.61 Å². The molecule has 2 saturated carbocycles. The molecule has 0 bridgehead atoms. The Morgan fingerprint density at radius 3 is 2.33 bits per heavy atom. The summed E-state index contributed by atoms with van der Waals surface area (Å²) in [5.74, 6) is -1.53. The molecule has 152 valence electrons. The van der Waals surface area contributed by atoms with Crippen LogP contribution in [-0.2, 0) is 28.7 Å². The van der Waals surface area contributed by atoms with Crippen molar-refractivity contribution in [3.63, 3.8) is 0 Å². The summed E-state index contributed by atoms with van der Waals surface area (Å²) in [6, 6.07) is 0. The standard InChI is InChI=1S/C21H32O6/c1-5-26-19(25)18-16(23)12-15(22)13-21(18)10-8-14(9-11-21)6-7-17(24)27-20(2,3)4/h14,18H,5-13H2,1-4H3. The summed E-state index contributed by atoms with van der Waals surface area (Å²) >= 11 is 0. The minimum absolute atomic E-state index is 0.0762. The van der Waals surface area contributed by atoms with Crippen LogP contribution in [0.3, 0.4) is 0 Å². The lowest BCUT2D eigenvalue weighted by molar-refractivity contribution is -0.163. The van der Waals surface area contributed by atoms with E-state index < -0.39 is 22.9 Å². The first-order valence-corrected chi connectivity index (χ1v) is 9.99. The molecule has 27 heavy (non-hydrogen) atoms. The van der Waals surface area contributed by atoms with Crippen LogP contribution in [0.5, 0.6) is 0 Å². The van der Waals surface area contributed by atoms with Crippen LogP contribution in [-0.4, -0.2) is 35.7 Å². The number of carbonyl (C=O) groups excluding carboxylic acids is 4. The van der Waals surface area contributed by atoms with Gasteiger partial charge in [-0.05, 0) is 71.1 Å². The van der Waals surface area contributed by atoms with Gasteiger partial charge in [-0.25, -0.2) is 0 Å². The second-order valence-electron chi connectivity index (χ2n) is 8.97. The van der Waals surface area contributed by atoms with Crippen molar-refractivity contribution < 1.29 is 28.7 Å². The number of carbonyl (C=O) groups is 4. The molecule has 0 aromatic carbocycles. The van der Waals surface area contributed by atoms with Gasteiger partial charge in [0.1, 0.15) is 17.3 Å². The van der Waals surface area contributed by atoms with Crippen molar-refractivity contribution >= 4 is 23.5 Å². The third kappa shape index (κ3) is 5.63. The van der Waals surface area contributed by atoms with Gasteiger partial charge in [0.25, 0.3) is 0 Å². The van der Waals surface area contributed by atoms with E-state index in [0.29, 0.717) is 25.2 Å². The summed E-state index contributed by atoms with van der Waals surface area (Å²) in [4.78, 5) is 48.8. The van der Waals surface area contributed by atoms with Crippen molar-refractivity contribution in [3.05, 3.63) is 0 Å². The fourth-order valence-electron chi connectivity index (χ4n) is 4.52. The van der Waals surface area contributed by atoms with Crippen molar-refractivity contribution in [2.45, 2.75) is 84.7 Å². The molecule has 0 saturated heterocycles. The van der Waals surface area contributed by atoms with Gasteiger partial charge in [-0.3, -0.25) is 19.2 Å². The Morgan fingerprint density at radius 1 is 1.15 bits per heavy atom. The van der Waals surface area contributed by atoms with Gasteiger partial charge in [-0.15, -0.1) is 0 Å². The Morgan fingerprint density at radius 2 is 1.78 bits per heavy atom. The van der Waals surface area contributed by atoms with Gasteiger partial charge in [0.15, 0.2) is 5.78 Å². The maximum Gasteiger partial charge on any atom is 0.317 e. The monoisotopic (exact) mass is 380 g/mol. The summed E-state index contributed by atoms with van der Waals surface area (Å²) in [6.45, 7) is 7.49. The molecule has 0 radical (unpaired) electrons. The van der Waals surface area contributed by atoms with Crippen LogP contribution in [0.2, 0.25) is 0 Å². The number of Topliss-reactive ketones (excluding diaryl/α,β-unsaturated/α-hetero) is 2. The van der Waals surface area contributed by atoms with Crippen LogP contribution in [0.25, 0.3) is 0 Å². The molecule has 1 spiro atoms. The van der Waals surface area contributed by atoms with Crippen molar-refractivity contribution in [1.29, 1.82) is 0 Å². The van der Waals surface area contributed by atoms with E-state index in [4.69, 9.17) is 9.47 Å². The van der Waals surface area contributed by atoms with E-state index in [1.165, 1.54) is 0 Å². The Labute approximate surface area is 161 Å². The molecule has 0 aromatic heterocycles. The van der Waals surface area contributed by atoms with Gasteiger partial charge < -0.3 is 9.47 Å². The van der Waals surface area contributed by atoms with Gasteiger partial charge in [0.2, 0.25) is 0 Å². The lowest BCUT2D eigenvalue weighted by atomic mass is 9.57. The van der Waals surface area contributed by atoms with Gasteiger partial charge in [-0.1, -0.05) is 0 Å². The largest absolute Gasteiger partial charge is 0.465 e. The zero-order valence-corrected chi connectivity index (χ0v) is 17.0. The number of ketones is 2. The Hall–Kier alpha value is -1.72. The lowest BCUT2D eigenvalue weighted by Crippen LogP contribution is -2.49. The normalized spacial score (nSPS) is 28.9. The highest BCUT2D eigenvalue weighted by Crippen LogP contribution is 2.51. The smallest absolute Gasteiger partial charge is 0.317 e. The van der Waals surface area contributed by atoms with E-state index in [2.05, 4.69) is 0 Å². The van der Waals surface area contributed by atoms with Crippen LogP contribution < -0.4 is 0 Å². The van der Waals surface area contributed by atoms with Crippen molar-refractivity contribution in [2.24, 2.45) is 17.3 Å². The average molecular weight is 380 g/mol. The fraction of sp³-hybridized carbons (Fsp3) is 0.810. The van der Waals surface area contributed by atoms with Crippen LogP contribution in [0.4, 0.5) is 0 Å². The molecule has 2 fully saturated rings. The lowest BCUT2D eigenvalue weighted by Gasteiger charge is -2.45. The molecule has 2 aliphatic carbocycles. The highest BCUT2D eigenvalue weighted by atomic mass is 16.6. The number of hydrogen-bond acceptors (Lipinski definition) is 6. The van der Waals surface area contributed by atoms with E-state index >= 15 is 0 Å². The molecule has 0 amide bonds. The van der Waals surface area contributed by atoms with Gasteiger partial charge in [0.05, 0.1) is 13.0 Å². The molecule has 0 N–H and O–H groups in total. The first-order chi connectivity index (χ1) is 12.6. The van der Waals surface area contributed by atoms with Gasteiger partial charge >= 0.3 is 11.9 Å². The van der Waals surface area contributed by atoms with E-state index in [1.807, 2.05) is 20.8 Å². The SMILES string of the molecule is CCOC(=O)C1C(=O)CC(=O)CC12CCC(CCC(=O)OC(C)(C)C)CC2. The summed E-state index contributed by atoms with van der Waals surface area (Å²) in [7, 11) is 0. The minimum atomic E-state index is -0.818. The molecule has 2 rings (SSSR count). The third-order valence-electron chi connectivity index (χ3n) is 5.65. The van der Waals surface area contributed by atoms with Gasteiger partial charge in [0, 0.05) is 12.8 Å². The molecular formula is C21H32O6. The maximum atomic E-state index is 12.4. The highest BCUT2D eigenvalue weighted by molar-refractivity contribution is 6.11. The van der Waals surface area contributed by atoms with E-state index in [0.717, 1.165) is 19.3 Å². The summed E-state index contributed by atoms with van der Waals surface area (Å²) in [5, 5.41) is 0. The number of ether oxygens (including phenoxy) is 2. The third-order valence-corrected chi connectivity index (χ3v) is 5.65. The minimum Gasteiger partial charge on any atom is -0.465 e. The zero-order valence-electron chi connectivity index (χ0n) is 17.0. The summed E-state index contributed by atoms with van der Waals surface area (Å²) in [6.07, 6.45) is 4.12. The van der Waals surface area contributed by atoms with E-state index in [-0.39, 0.29) is 37.0 Å². The molecule has 6 nitrogen and oxygen atoms in total. The van der Waals surface area contributed by atoms with Crippen molar-refractivity contribution in [1.82, 2.24) is 0 Å². The Balaban J connectivity index is 1.97. The molecule has 6 heteroatoms. The highest BCUT2D eigenvalue weighted by Gasteiger charge is 2.53. The van der Waals surface area contributed by atoms with Crippen LogP contribution in [0.1, 0.15) is 79.1 Å². The second-order valence-corrected chi connectivity index (χ2v) is 8.97. The Bertz CT molecular complexity index is 592. The molecule has 0 aliphatic heterocycles. The fourth-order valence-corrected chi connectivity index (χ4v) is 4.52. The number of esters is 2. The summed E-state index contributed by atoms with van der Waals surface area (Å²) < 4.78 is 10.5. The molecule has 0 aromatic rings. The summed E-state index contributed by atoms with van der Waals surface area (Å²) in [5.41, 5.74) is -1.08. The van der Waals surface area contributed by atoms with Crippen LogP contribution >= 0.6 is 0 Å². The van der Waals surface area contributed by atoms with Crippen LogP contribution in [0, 0.1) is 17.3 Å². The first-order valence-electron chi connectivity index (χ1n) is 9.99. The molecule has 1 atom stereocenters. The number of rotatable bonds is 5. The van der Waals surface area contributed by atoms with E-state index in [1.54, 1.807) is 6.92 Å².